The van der Waals surface area contributed by atoms with Gasteiger partial charge in [0.05, 0.1) is 0 Å². The topological polar surface area (TPSA) is 28.2 Å². The number of aromatic nitrogens is 1. The first-order valence-electron chi connectivity index (χ1n) is 6.50. The molecule has 0 unspecified atom stereocenters. The van der Waals surface area contributed by atoms with Gasteiger partial charge in [-0.2, -0.15) is 0 Å². The van der Waals surface area contributed by atoms with Gasteiger partial charge in [0.2, 0.25) is 0 Å². The fraction of sp³-hybridized carbons (Fsp3) is 0.500. The Balaban J connectivity index is 1.66. The monoisotopic (exact) mass is 229 g/mol. The molecular formula is C14H19N3. The van der Waals surface area contributed by atoms with Gasteiger partial charge < -0.3 is 10.2 Å². The Morgan fingerprint density at radius 1 is 1.35 bits per heavy atom. The van der Waals surface area contributed by atoms with Crippen LogP contribution in [0.1, 0.15) is 24.8 Å². The molecule has 0 bridgehead atoms. The van der Waals surface area contributed by atoms with Crippen molar-refractivity contribution in [1.82, 2.24) is 10.3 Å². The van der Waals surface area contributed by atoms with Gasteiger partial charge in [0.25, 0.3) is 0 Å². The highest BCUT2D eigenvalue weighted by atomic mass is 15.2. The second kappa shape index (κ2) is 4.88. The lowest BCUT2D eigenvalue weighted by Crippen LogP contribution is -2.27. The van der Waals surface area contributed by atoms with Gasteiger partial charge in [-0.25, -0.2) is 4.98 Å². The highest BCUT2D eigenvalue weighted by Crippen LogP contribution is 2.20. The molecule has 1 aromatic rings. The minimum absolute atomic E-state index is 0.768. The number of nitrogens with zero attached hydrogens (tertiary/aromatic N) is 2. The summed E-state index contributed by atoms with van der Waals surface area (Å²) in [6.07, 6.45) is 10.2. The van der Waals surface area contributed by atoms with Crippen LogP contribution in [0.3, 0.4) is 0 Å². The van der Waals surface area contributed by atoms with E-state index in [9.17, 15) is 0 Å². The number of rotatable bonds is 4. The van der Waals surface area contributed by atoms with Gasteiger partial charge in [0.15, 0.2) is 0 Å². The maximum absolute atomic E-state index is 4.47. The van der Waals surface area contributed by atoms with E-state index in [2.05, 4.69) is 39.5 Å². The average molecular weight is 229 g/mol. The molecule has 1 aliphatic heterocycles. The average Bonchev–Trinajstić information content (AvgIpc) is 3.22. The van der Waals surface area contributed by atoms with Crippen LogP contribution in [0.25, 0.3) is 0 Å². The molecule has 17 heavy (non-hydrogen) atoms. The molecule has 0 spiro atoms. The Labute approximate surface area is 103 Å². The van der Waals surface area contributed by atoms with Gasteiger partial charge in [-0.05, 0) is 37.0 Å². The molecule has 3 nitrogen and oxygen atoms in total. The number of pyridine rings is 1. The number of hydrogen-bond donors (Lipinski definition) is 1. The first kappa shape index (κ1) is 10.8. The first-order valence-corrected chi connectivity index (χ1v) is 6.50. The second-order valence-corrected chi connectivity index (χ2v) is 4.88. The lowest BCUT2D eigenvalue weighted by atomic mass is 10.2. The predicted octanol–water partition coefficient (Wildman–Crippen LogP) is 2.10. The molecule has 0 radical (unpaired) electrons. The third kappa shape index (κ3) is 2.86. The third-order valence-corrected chi connectivity index (χ3v) is 3.36. The van der Waals surface area contributed by atoms with Crippen LogP contribution in [0.4, 0.5) is 5.82 Å². The number of hydrogen-bond acceptors (Lipinski definition) is 3. The summed E-state index contributed by atoms with van der Waals surface area (Å²) in [4.78, 5) is 6.80. The number of nitrogens with one attached hydrogen (secondary N) is 1. The summed E-state index contributed by atoms with van der Waals surface area (Å²) in [5.74, 6) is 1.12. The minimum atomic E-state index is 0.768. The van der Waals surface area contributed by atoms with Crippen LogP contribution in [-0.4, -0.2) is 24.1 Å². The molecule has 1 N–H and O–H groups in total. The Hall–Kier alpha value is -1.35. The highest BCUT2D eigenvalue weighted by Gasteiger charge is 2.20. The molecule has 1 saturated carbocycles. The van der Waals surface area contributed by atoms with E-state index in [-0.39, 0.29) is 0 Å². The Kier molecular flexibility index (Phi) is 3.10. The van der Waals surface area contributed by atoms with Crippen molar-refractivity contribution in [3.05, 3.63) is 36.0 Å². The van der Waals surface area contributed by atoms with E-state index < -0.39 is 0 Å². The predicted molar refractivity (Wildman–Crippen MR) is 70.1 cm³/mol. The molecule has 0 amide bonds. The zero-order valence-electron chi connectivity index (χ0n) is 10.1. The Bertz CT molecular complexity index is 410. The van der Waals surface area contributed by atoms with Crippen molar-refractivity contribution in [3.8, 4) is 0 Å². The molecule has 90 valence electrons. The summed E-state index contributed by atoms with van der Waals surface area (Å²) in [6, 6.07) is 5.09. The quantitative estimate of drug-likeness (QED) is 0.801. The summed E-state index contributed by atoms with van der Waals surface area (Å²) in [5.41, 5.74) is 1.34. The van der Waals surface area contributed by atoms with Crippen LogP contribution in [-0.2, 0) is 6.54 Å². The van der Waals surface area contributed by atoms with Gasteiger partial charge >= 0.3 is 0 Å². The summed E-state index contributed by atoms with van der Waals surface area (Å²) in [7, 11) is 0. The minimum Gasteiger partial charge on any atom is -0.353 e. The smallest absolute Gasteiger partial charge is 0.129 e. The van der Waals surface area contributed by atoms with Crippen LogP contribution in [0, 0.1) is 0 Å². The Morgan fingerprint density at radius 2 is 2.29 bits per heavy atom. The molecule has 3 heteroatoms. The largest absolute Gasteiger partial charge is 0.353 e. The van der Waals surface area contributed by atoms with Crippen molar-refractivity contribution < 1.29 is 0 Å². The lowest BCUT2D eigenvalue weighted by molar-refractivity contribution is 0.686. The molecule has 0 saturated heterocycles. The SMILES string of the molecule is C1=CCN(c2cc(CNC3CC3)ccn2)CC1. The summed E-state index contributed by atoms with van der Waals surface area (Å²) < 4.78 is 0. The van der Waals surface area contributed by atoms with Crippen molar-refractivity contribution in [1.29, 1.82) is 0 Å². The maximum Gasteiger partial charge on any atom is 0.129 e. The van der Waals surface area contributed by atoms with Crippen LogP contribution in [0.5, 0.6) is 0 Å². The third-order valence-electron chi connectivity index (χ3n) is 3.36. The van der Waals surface area contributed by atoms with Crippen molar-refractivity contribution >= 4 is 5.82 Å². The zero-order valence-corrected chi connectivity index (χ0v) is 10.1. The molecule has 3 rings (SSSR count). The maximum atomic E-state index is 4.47. The van der Waals surface area contributed by atoms with E-state index in [1.54, 1.807) is 0 Å². The van der Waals surface area contributed by atoms with Crippen LogP contribution in [0.15, 0.2) is 30.5 Å². The van der Waals surface area contributed by atoms with E-state index in [1.165, 1.54) is 18.4 Å². The molecule has 1 fully saturated rings. The normalized spacial score (nSPS) is 19.6. The van der Waals surface area contributed by atoms with Gasteiger partial charge in [-0.1, -0.05) is 12.2 Å². The van der Waals surface area contributed by atoms with Gasteiger partial charge in [0, 0.05) is 31.9 Å². The molecule has 1 aromatic heterocycles. The van der Waals surface area contributed by atoms with Crippen molar-refractivity contribution in [3.63, 3.8) is 0 Å². The van der Waals surface area contributed by atoms with Gasteiger partial charge in [-0.15, -0.1) is 0 Å². The highest BCUT2D eigenvalue weighted by molar-refractivity contribution is 5.42. The lowest BCUT2D eigenvalue weighted by Gasteiger charge is -2.24. The van der Waals surface area contributed by atoms with Crippen LogP contribution < -0.4 is 10.2 Å². The Morgan fingerprint density at radius 3 is 3.06 bits per heavy atom. The fourth-order valence-corrected chi connectivity index (χ4v) is 2.14. The van der Waals surface area contributed by atoms with E-state index in [0.29, 0.717) is 0 Å². The summed E-state index contributed by atoms with van der Waals surface area (Å²) >= 11 is 0. The van der Waals surface area contributed by atoms with E-state index in [0.717, 1.165) is 37.9 Å². The second-order valence-electron chi connectivity index (χ2n) is 4.88. The molecule has 2 heterocycles. The van der Waals surface area contributed by atoms with Crippen molar-refractivity contribution in [2.75, 3.05) is 18.0 Å². The fourth-order valence-electron chi connectivity index (χ4n) is 2.14. The molecule has 1 aliphatic carbocycles. The zero-order chi connectivity index (χ0) is 11.5. The van der Waals surface area contributed by atoms with Gasteiger partial charge in [-0.3, -0.25) is 0 Å². The first-order chi connectivity index (χ1) is 8.42. The standard InChI is InChI=1S/C14H19N3/c1-2-8-17(9-3-1)14-10-12(6-7-15-14)11-16-13-4-5-13/h1-2,6-7,10,13,16H,3-5,8-9,11H2. The van der Waals surface area contributed by atoms with E-state index >= 15 is 0 Å². The molecular weight excluding hydrogens is 210 g/mol. The molecule has 0 atom stereocenters. The number of anilines is 1. The van der Waals surface area contributed by atoms with E-state index in [1.807, 2.05) is 6.20 Å². The van der Waals surface area contributed by atoms with Crippen LogP contribution in [0.2, 0.25) is 0 Å². The van der Waals surface area contributed by atoms with E-state index in [4.69, 9.17) is 0 Å². The summed E-state index contributed by atoms with van der Waals surface area (Å²) in [5, 5.41) is 3.54. The van der Waals surface area contributed by atoms with Gasteiger partial charge in [0.1, 0.15) is 5.82 Å². The summed E-state index contributed by atoms with van der Waals surface area (Å²) in [6.45, 7) is 3.05. The van der Waals surface area contributed by atoms with Crippen LogP contribution >= 0.6 is 0 Å². The van der Waals surface area contributed by atoms with Crippen molar-refractivity contribution in [2.45, 2.75) is 31.8 Å². The van der Waals surface area contributed by atoms with Crippen molar-refractivity contribution in [2.24, 2.45) is 0 Å². The molecule has 0 aromatic carbocycles. The molecule has 2 aliphatic rings.